The maximum absolute atomic E-state index is 11.5. The lowest BCUT2D eigenvalue weighted by Crippen LogP contribution is -2.14. The number of methoxy groups -OCH3 is 1. The van der Waals surface area contributed by atoms with Crippen molar-refractivity contribution >= 4 is 34.6 Å². The van der Waals surface area contributed by atoms with E-state index in [1.54, 1.807) is 12.2 Å². The van der Waals surface area contributed by atoms with Gasteiger partial charge in [-0.25, -0.2) is 0 Å². The van der Waals surface area contributed by atoms with Gasteiger partial charge in [-0.05, 0) is 12.1 Å². The summed E-state index contributed by atoms with van der Waals surface area (Å²) < 4.78 is 10.5. The van der Waals surface area contributed by atoms with Gasteiger partial charge in [-0.2, -0.15) is 0 Å². The molecule has 0 aliphatic heterocycles. The van der Waals surface area contributed by atoms with Gasteiger partial charge < -0.3 is 36.7 Å². The minimum absolute atomic E-state index is 0.0301. The maximum atomic E-state index is 11.5. The molecule has 0 aliphatic carbocycles. The van der Waals surface area contributed by atoms with Gasteiger partial charge >= 0.3 is 0 Å². The number of rotatable bonds is 14. The number of hydrogen-bond acceptors (Lipinski definition) is 11. The van der Waals surface area contributed by atoms with Crippen molar-refractivity contribution in [3.05, 3.63) is 67.8 Å². The molecule has 0 bridgehead atoms. The lowest BCUT2D eigenvalue weighted by molar-refractivity contribution is -0.384. The number of carbonyl (C=O) groups is 2. The van der Waals surface area contributed by atoms with Gasteiger partial charge in [-0.1, -0.05) is 12.2 Å². The summed E-state index contributed by atoms with van der Waals surface area (Å²) in [7, 11) is 1.28. The van der Waals surface area contributed by atoms with Gasteiger partial charge in [0.05, 0.1) is 23.6 Å². The summed E-state index contributed by atoms with van der Waals surface area (Å²) in [6.07, 6.45) is 3.15. The second-order valence-corrected chi connectivity index (χ2v) is 6.99. The summed E-state index contributed by atoms with van der Waals surface area (Å²) in [5, 5.41) is 37.6. The number of nitro groups is 2. The van der Waals surface area contributed by atoms with Gasteiger partial charge in [-0.15, -0.1) is 0 Å². The number of anilines is 2. The number of carbonyl (C=O) groups excluding carboxylic acids is 2. The lowest BCUT2D eigenvalue weighted by atomic mass is 10.1. The fourth-order valence-electron chi connectivity index (χ4n) is 3.05. The van der Waals surface area contributed by atoms with Gasteiger partial charge in [0.2, 0.25) is 11.8 Å². The summed E-state index contributed by atoms with van der Waals surface area (Å²) in [4.78, 5) is 44.5. The van der Waals surface area contributed by atoms with E-state index in [9.17, 15) is 29.8 Å². The zero-order chi connectivity index (χ0) is 26.8. The third kappa shape index (κ3) is 6.80. The summed E-state index contributed by atoms with van der Waals surface area (Å²) >= 11 is 0. The first-order valence-corrected chi connectivity index (χ1v) is 10.3. The Hall–Kier alpha value is -4.92. The number of nitrogens with one attached hydrogen (secondary N) is 2. The smallest absolute Gasteiger partial charge is 0.296 e. The van der Waals surface area contributed by atoms with Gasteiger partial charge in [0, 0.05) is 36.3 Å². The van der Waals surface area contributed by atoms with Crippen molar-refractivity contribution in [2.45, 2.75) is 0 Å². The number of aliphatic hydroxyl groups excluding tert-OH is 1. The zero-order valence-electron chi connectivity index (χ0n) is 19.1. The van der Waals surface area contributed by atoms with E-state index in [2.05, 4.69) is 10.6 Å². The Morgan fingerprint density at radius 3 is 1.75 bits per heavy atom. The molecule has 2 rings (SSSR count). The largest absolute Gasteiger partial charge is 0.494 e. The lowest BCUT2D eigenvalue weighted by Gasteiger charge is -2.13. The Balaban J connectivity index is 2.18. The third-order valence-corrected chi connectivity index (χ3v) is 4.65. The number of nitro benzene ring substituents is 2. The van der Waals surface area contributed by atoms with Crippen LogP contribution in [0.1, 0.15) is 20.7 Å². The maximum Gasteiger partial charge on any atom is 0.296 e. The molecule has 0 aliphatic rings. The molecular weight excluding hydrogens is 480 g/mol. The van der Waals surface area contributed by atoms with Crippen molar-refractivity contribution in [1.82, 2.24) is 0 Å². The van der Waals surface area contributed by atoms with Crippen LogP contribution in [-0.4, -0.2) is 60.2 Å². The number of ether oxygens (including phenoxy) is 2. The van der Waals surface area contributed by atoms with E-state index < -0.39 is 33.0 Å². The molecule has 7 N–H and O–H groups in total. The molecule has 0 saturated carbocycles. The van der Waals surface area contributed by atoms with Crippen LogP contribution >= 0.6 is 0 Å². The molecule has 2 aromatic carbocycles. The van der Waals surface area contributed by atoms with E-state index in [1.807, 2.05) is 0 Å². The zero-order valence-corrected chi connectivity index (χ0v) is 19.1. The number of aliphatic hydroxyl groups is 1. The van der Waals surface area contributed by atoms with Crippen LogP contribution in [0.3, 0.4) is 0 Å². The molecule has 36 heavy (non-hydrogen) atoms. The Morgan fingerprint density at radius 1 is 0.917 bits per heavy atom. The Morgan fingerprint density at radius 2 is 1.36 bits per heavy atom. The van der Waals surface area contributed by atoms with Crippen LogP contribution in [0.25, 0.3) is 0 Å². The molecule has 0 saturated heterocycles. The third-order valence-electron chi connectivity index (χ3n) is 4.65. The Kier molecular flexibility index (Phi) is 9.50. The monoisotopic (exact) mass is 504 g/mol. The van der Waals surface area contributed by atoms with Crippen molar-refractivity contribution < 1.29 is 34.0 Å². The number of nitrogens with zero attached hydrogens (tertiary/aromatic N) is 2. The second kappa shape index (κ2) is 12.5. The first-order valence-electron chi connectivity index (χ1n) is 10.3. The van der Waals surface area contributed by atoms with E-state index in [1.165, 1.54) is 19.2 Å². The molecule has 15 nitrogen and oxygen atoms in total. The number of amides is 2. The minimum Gasteiger partial charge on any atom is -0.494 e. The molecule has 192 valence electrons. The highest BCUT2D eigenvalue weighted by atomic mass is 16.6. The van der Waals surface area contributed by atoms with Crippen LogP contribution < -0.4 is 31.6 Å². The van der Waals surface area contributed by atoms with Gasteiger partial charge in [-0.3, -0.25) is 29.8 Å². The number of nitrogens with two attached hydrogens (primary N) is 2. The van der Waals surface area contributed by atoms with Crippen LogP contribution in [0.5, 0.6) is 11.5 Å². The fraction of sp³-hybridized carbons (Fsp3) is 0.238. The van der Waals surface area contributed by atoms with Crippen LogP contribution in [0.15, 0.2) is 36.4 Å². The van der Waals surface area contributed by atoms with Crippen LogP contribution in [0.2, 0.25) is 0 Å². The van der Waals surface area contributed by atoms with Crippen molar-refractivity contribution in [2.75, 3.05) is 44.0 Å². The van der Waals surface area contributed by atoms with Gasteiger partial charge in [0.15, 0.2) is 11.4 Å². The molecular formula is C21H24N6O9. The standard InChI is InChI=1S/C21H24N6O9/c1-35-16-10-12(20(22)29)8-14(26(31)32)18(16)24-4-2-3-5-25-19-15(27(33)34)9-13(21(23)30)11-17(19)36-7-6-28/h2-3,8-11,24-25,28H,4-7H2,1H3,(H2,22,29)(H2,23,30)/b3-2+. The molecule has 2 amide bonds. The van der Waals surface area contributed by atoms with Crippen molar-refractivity contribution in [2.24, 2.45) is 11.5 Å². The summed E-state index contributed by atoms with van der Waals surface area (Å²) in [6, 6.07) is 4.52. The molecule has 2 aromatic rings. The van der Waals surface area contributed by atoms with E-state index in [0.29, 0.717) is 0 Å². The van der Waals surface area contributed by atoms with Crippen LogP contribution in [0.4, 0.5) is 22.7 Å². The summed E-state index contributed by atoms with van der Waals surface area (Å²) in [6.45, 7) is -0.391. The first-order chi connectivity index (χ1) is 17.1. The van der Waals surface area contributed by atoms with Crippen LogP contribution in [0, 0.1) is 20.2 Å². The van der Waals surface area contributed by atoms with Crippen LogP contribution in [-0.2, 0) is 0 Å². The van der Waals surface area contributed by atoms with Gasteiger partial charge in [0.25, 0.3) is 11.4 Å². The number of hydrogen-bond donors (Lipinski definition) is 5. The molecule has 0 aromatic heterocycles. The van der Waals surface area contributed by atoms with Crippen molar-refractivity contribution in [3.8, 4) is 11.5 Å². The number of benzene rings is 2. The van der Waals surface area contributed by atoms with E-state index in [4.69, 9.17) is 26.0 Å². The van der Waals surface area contributed by atoms with E-state index in [0.717, 1.165) is 12.1 Å². The summed E-state index contributed by atoms with van der Waals surface area (Å²) in [5.41, 5.74) is 9.33. The first kappa shape index (κ1) is 27.3. The second-order valence-electron chi connectivity index (χ2n) is 6.99. The highest BCUT2D eigenvalue weighted by Gasteiger charge is 2.23. The summed E-state index contributed by atoms with van der Waals surface area (Å²) in [5.74, 6) is -1.75. The predicted molar refractivity (Wildman–Crippen MR) is 128 cm³/mol. The molecule has 0 atom stereocenters. The van der Waals surface area contributed by atoms with Crippen molar-refractivity contribution in [3.63, 3.8) is 0 Å². The minimum atomic E-state index is -0.891. The van der Waals surface area contributed by atoms with E-state index in [-0.39, 0.29) is 60.3 Å². The van der Waals surface area contributed by atoms with Crippen molar-refractivity contribution in [1.29, 1.82) is 0 Å². The molecule has 0 radical (unpaired) electrons. The average molecular weight is 504 g/mol. The van der Waals surface area contributed by atoms with E-state index >= 15 is 0 Å². The fourth-order valence-corrected chi connectivity index (χ4v) is 3.05. The molecule has 15 heteroatoms. The van der Waals surface area contributed by atoms with Gasteiger partial charge in [0.1, 0.15) is 18.1 Å². The number of primary amides is 2. The quantitative estimate of drug-likeness (QED) is 0.139. The molecule has 0 spiro atoms. The SMILES string of the molecule is COc1cc(C(N)=O)cc([N+](=O)[O-])c1NC/C=C/CNc1c(OCCO)cc(C(N)=O)cc1[N+](=O)[O-]. The molecule has 0 unspecified atom stereocenters. The average Bonchev–Trinajstić information content (AvgIpc) is 2.83. The topological polar surface area (TPSA) is 235 Å². The normalized spacial score (nSPS) is 10.6. The molecule has 0 heterocycles. The highest BCUT2D eigenvalue weighted by Crippen LogP contribution is 2.37. The highest BCUT2D eigenvalue weighted by molar-refractivity contribution is 5.96. The Bertz CT molecular complexity index is 1200. The Labute approximate surface area is 204 Å². The molecule has 0 fully saturated rings. The predicted octanol–water partition coefficient (Wildman–Crippen LogP) is 1.16.